The number of rotatable bonds is 1. The van der Waals surface area contributed by atoms with Gasteiger partial charge in [-0.05, 0) is 6.07 Å². The van der Waals surface area contributed by atoms with E-state index in [1.165, 1.54) is 11.3 Å². The van der Waals surface area contributed by atoms with Crippen LogP contribution in [-0.4, -0.2) is 17.9 Å². The van der Waals surface area contributed by atoms with E-state index in [9.17, 15) is 4.79 Å². The Bertz CT molecular complexity index is 503. The predicted molar refractivity (Wildman–Crippen MR) is 59.6 cm³/mol. The average Bonchev–Trinajstić information content (AvgIpc) is 2.68. The van der Waals surface area contributed by atoms with Crippen LogP contribution in [0.2, 0.25) is 9.36 Å². The Labute approximate surface area is 94.0 Å². The van der Waals surface area contributed by atoms with E-state index in [2.05, 4.69) is 10.3 Å². The largest absolute Gasteiger partial charge is 0.354 e. The molecule has 0 aliphatic carbocycles. The second-order valence-electron chi connectivity index (χ2n) is 2.69. The van der Waals surface area contributed by atoms with Crippen molar-refractivity contribution < 1.29 is 4.79 Å². The van der Waals surface area contributed by atoms with Gasteiger partial charge < -0.3 is 10.3 Å². The Morgan fingerprint density at radius 1 is 1.57 bits per heavy atom. The Morgan fingerprint density at radius 2 is 2.29 bits per heavy atom. The second kappa shape index (κ2) is 3.46. The minimum atomic E-state index is -0.166. The van der Waals surface area contributed by atoms with Crippen LogP contribution in [0.5, 0.6) is 0 Å². The molecule has 0 saturated heterocycles. The van der Waals surface area contributed by atoms with Crippen molar-refractivity contribution in [3.05, 3.63) is 21.1 Å². The van der Waals surface area contributed by atoms with Crippen molar-refractivity contribution in [2.45, 2.75) is 0 Å². The molecule has 0 aliphatic rings. The predicted octanol–water partition coefficient (Wildman–Crippen LogP) is 2.90. The number of carbonyl (C=O) groups excluding carboxylic acids is 1. The zero-order chi connectivity index (χ0) is 10.3. The molecule has 2 N–H and O–H groups in total. The van der Waals surface area contributed by atoms with Gasteiger partial charge in [0.2, 0.25) is 0 Å². The first-order valence-corrected chi connectivity index (χ1v) is 5.39. The zero-order valence-electron chi connectivity index (χ0n) is 7.15. The van der Waals surface area contributed by atoms with Gasteiger partial charge in [0.15, 0.2) is 0 Å². The van der Waals surface area contributed by atoms with Gasteiger partial charge >= 0.3 is 0 Å². The summed E-state index contributed by atoms with van der Waals surface area (Å²) < 4.78 is 1.43. The van der Waals surface area contributed by atoms with Crippen LogP contribution in [-0.2, 0) is 0 Å². The van der Waals surface area contributed by atoms with Gasteiger partial charge in [0, 0.05) is 7.05 Å². The standard InChI is InChI=1S/C8H6Cl2N2OS/c1-11-8(13)3-2-4-6(12-3)5(9)7(10)14-4/h2,12H,1H3,(H,11,13). The van der Waals surface area contributed by atoms with E-state index >= 15 is 0 Å². The van der Waals surface area contributed by atoms with Crippen LogP contribution < -0.4 is 5.32 Å². The summed E-state index contributed by atoms with van der Waals surface area (Å²) in [6.45, 7) is 0. The third kappa shape index (κ3) is 1.39. The summed E-state index contributed by atoms with van der Waals surface area (Å²) in [6.07, 6.45) is 0. The summed E-state index contributed by atoms with van der Waals surface area (Å²) in [5, 5.41) is 3.00. The molecule has 0 aromatic carbocycles. The van der Waals surface area contributed by atoms with Gasteiger partial charge in [-0.15, -0.1) is 11.3 Å². The van der Waals surface area contributed by atoms with Crippen molar-refractivity contribution in [3.63, 3.8) is 0 Å². The summed E-state index contributed by atoms with van der Waals surface area (Å²) in [5.41, 5.74) is 1.22. The molecular formula is C8H6Cl2N2OS. The van der Waals surface area contributed by atoms with Crippen molar-refractivity contribution >= 4 is 50.7 Å². The highest BCUT2D eigenvalue weighted by Gasteiger charge is 2.14. The summed E-state index contributed by atoms with van der Waals surface area (Å²) >= 11 is 13.1. The van der Waals surface area contributed by atoms with Crippen molar-refractivity contribution in [2.75, 3.05) is 7.05 Å². The highest BCUT2D eigenvalue weighted by atomic mass is 35.5. The maximum atomic E-state index is 11.3. The molecule has 2 heterocycles. The van der Waals surface area contributed by atoms with E-state index in [4.69, 9.17) is 23.2 Å². The van der Waals surface area contributed by atoms with Crippen LogP contribution in [0.4, 0.5) is 0 Å². The van der Waals surface area contributed by atoms with E-state index in [1.54, 1.807) is 13.1 Å². The average molecular weight is 249 g/mol. The van der Waals surface area contributed by atoms with Crippen molar-refractivity contribution in [1.29, 1.82) is 0 Å². The Hall–Kier alpha value is -0.710. The fourth-order valence-electron chi connectivity index (χ4n) is 1.18. The number of H-pyrrole nitrogens is 1. The minimum Gasteiger partial charge on any atom is -0.354 e. The number of fused-ring (bicyclic) bond motifs is 1. The lowest BCUT2D eigenvalue weighted by Crippen LogP contribution is -2.17. The minimum absolute atomic E-state index is 0.166. The molecule has 14 heavy (non-hydrogen) atoms. The van der Waals surface area contributed by atoms with E-state index < -0.39 is 0 Å². The topological polar surface area (TPSA) is 44.9 Å². The molecule has 2 aromatic heterocycles. The lowest BCUT2D eigenvalue weighted by Gasteiger charge is -1.93. The number of halogens is 2. The number of amides is 1. The van der Waals surface area contributed by atoms with Gasteiger partial charge in [-0.25, -0.2) is 0 Å². The van der Waals surface area contributed by atoms with Gasteiger partial charge in [-0.3, -0.25) is 4.79 Å². The second-order valence-corrected chi connectivity index (χ2v) is 4.72. The van der Waals surface area contributed by atoms with Crippen LogP contribution >= 0.6 is 34.5 Å². The number of hydrogen-bond donors (Lipinski definition) is 2. The number of nitrogens with one attached hydrogen (secondary N) is 2. The molecule has 0 spiro atoms. The van der Waals surface area contributed by atoms with Crippen LogP contribution in [0, 0.1) is 0 Å². The molecule has 6 heteroatoms. The van der Waals surface area contributed by atoms with Crippen LogP contribution in [0.1, 0.15) is 10.5 Å². The third-order valence-electron chi connectivity index (χ3n) is 1.84. The fraction of sp³-hybridized carbons (Fsp3) is 0.125. The van der Waals surface area contributed by atoms with Crippen molar-refractivity contribution in [1.82, 2.24) is 10.3 Å². The molecule has 0 unspecified atom stereocenters. The Kier molecular flexibility index (Phi) is 2.43. The maximum Gasteiger partial charge on any atom is 0.267 e. The molecular weight excluding hydrogens is 243 g/mol. The summed E-state index contributed by atoms with van der Waals surface area (Å²) in [5.74, 6) is -0.166. The molecule has 0 saturated carbocycles. The zero-order valence-corrected chi connectivity index (χ0v) is 9.48. The summed E-state index contributed by atoms with van der Waals surface area (Å²) in [6, 6.07) is 1.73. The molecule has 2 rings (SSSR count). The van der Waals surface area contributed by atoms with E-state index in [0.717, 1.165) is 10.2 Å². The molecule has 0 aliphatic heterocycles. The molecule has 3 nitrogen and oxygen atoms in total. The van der Waals surface area contributed by atoms with E-state index in [0.29, 0.717) is 15.1 Å². The quantitative estimate of drug-likeness (QED) is 0.801. The first kappa shape index (κ1) is 9.83. The summed E-state index contributed by atoms with van der Waals surface area (Å²) in [7, 11) is 1.58. The highest BCUT2D eigenvalue weighted by molar-refractivity contribution is 7.23. The molecule has 0 atom stereocenters. The monoisotopic (exact) mass is 248 g/mol. The number of aromatic amines is 1. The van der Waals surface area contributed by atoms with Crippen molar-refractivity contribution in [2.24, 2.45) is 0 Å². The van der Waals surface area contributed by atoms with Gasteiger partial charge in [-0.1, -0.05) is 23.2 Å². The first-order chi connectivity index (χ1) is 6.63. The highest BCUT2D eigenvalue weighted by Crippen LogP contribution is 2.38. The number of hydrogen-bond acceptors (Lipinski definition) is 2. The SMILES string of the molecule is CNC(=O)c1cc2sc(Cl)c(Cl)c2[nH]1. The molecule has 2 aromatic rings. The van der Waals surface area contributed by atoms with E-state index in [1.807, 2.05) is 0 Å². The van der Waals surface area contributed by atoms with Gasteiger partial charge in [0.25, 0.3) is 5.91 Å². The Balaban J connectivity index is 2.59. The molecule has 0 fully saturated rings. The normalized spacial score (nSPS) is 10.8. The van der Waals surface area contributed by atoms with Gasteiger partial charge in [-0.2, -0.15) is 0 Å². The molecule has 0 radical (unpaired) electrons. The van der Waals surface area contributed by atoms with E-state index in [-0.39, 0.29) is 5.91 Å². The Morgan fingerprint density at radius 3 is 2.86 bits per heavy atom. The van der Waals surface area contributed by atoms with Crippen LogP contribution in [0.3, 0.4) is 0 Å². The smallest absolute Gasteiger partial charge is 0.267 e. The lowest BCUT2D eigenvalue weighted by molar-refractivity contribution is 0.0959. The molecule has 1 amide bonds. The first-order valence-electron chi connectivity index (χ1n) is 3.82. The lowest BCUT2D eigenvalue weighted by atomic mass is 10.4. The molecule has 74 valence electrons. The van der Waals surface area contributed by atoms with Crippen LogP contribution in [0.25, 0.3) is 10.2 Å². The fourth-order valence-corrected chi connectivity index (χ4v) is 2.66. The van der Waals surface area contributed by atoms with Crippen LogP contribution in [0.15, 0.2) is 6.07 Å². The number of carbonyl (C=O) groups is 1. The van der Waals surface area contributed by atoms with Crippen molar-refractivity contribution in [3.8, 4) is 0 Å². The number of aromatic nitrogens is 1. The third-order valence-corrected chi connectivity index (χ3v) is 3.78. The molecule has 0 bridgehead atoms. The number of thiophene rings is 1. The maximum absolute atomic E-state index is 11.3. The van der Waals surface area contributed by atoms with Gasteiger partial charge in [0.05, 0.1) is 15.2 Å². The summed E-state index contributed by atoms with van der Waals surface area (Å²) in [4.78, 5) is 14.2. The van der Waals surface area contributed by atoms with Gasteiger partial charge in [0.1, 0.15) is 10.0 Å².